The van der Waals surface area contributed by atoms with Gasteiger partial charge in [0.15, 0.2) is 6.23 Å². The van der Waals surface area contributed by atoms with Crippen LogP contribution in [-0.2, 0) is 16.0 Å². The number of benzene rings is 2. The zero-order valence-corrected chi connectivity index (χ0v) is 15.9. The Kier molecular flexibility index (Phi) is 5.08. The maximum atomic E-state index is 11.7. The molecule has 0 spiro atoms. The van der Waals surface area contributed by atoms with Gasteiger partial charge in [-0.3, -0.25) is 0 Å². The van der Waals surface area contributed by atoms with Gasteiger partial charge in [-0.1, -0.05) is 29.5 Å². The number of ether oxygens (including phenoxy) is 2. The molecule has 1 atom stereocenters. The van der Waals surface area contributed by atoms with E-state index in [2.05, 4.69) is 40.3 Å². The van der Waals surface area contributed by atoms with E-state index in [1.165, 1.54) is 12.7 Å². The lowest BCUT2D eigenvalue weighted by Crippen LogP contribution is -2.23. The number of anilines is 1. The van der Waals surface area contributed by atoms with Crippen LogP contribution in [0.5, 0.6) is 0 Å². The Bertz CT molecular complexity index is 985. The quantitative estimate of drug-likeness (QED) is 0.636. The number of hydrogen-bond donors (Lipinski definition) is 0. The van der Waals surface area contributed by atoms with E-state index in [9.17, 15) is 4.79 Å². The number of aryl methyl sites for hydroxylation is 1. The number of hydrogen-bond acceptors (Lipinski definition) is 6. The first-order valence-electron chi connectivity index (χ1n) is 9.16. The first-order valence-corrected chi connectivity index (χ1v) is 9.16. The average molecular weight is 378 g/mol. The summed E-state index contributed by atoms with van der Waals surface area (Å²) < 4.78 is 12.5. The van der Waals surface area contributed by atoms with E-state index < -0.39 is 0 Å². The maximum absolute atomic E-state index is 11.7. The molecular weight excluding hydrogens is 356 g/mol. The fourth-order valence-corrected chi connectivity index (χ4v) is 3.39. The number of carbonyl (C=O) groups is 1. The molecule has 0 saturated carbocycles. The number of esters is 1. The molecule has 2 heterocycles. The summed E-state index contributed by atoms with van der Waals surface area (Å²) in [4.78, 5) is 13.9. The molecule has 0 bridgehead atoms. The molecule has 0 amide bonds. The molecule has 0 aliphatic carbocycles. The highest BCUT2D eigenvalue weighted by molar-refractivity contribution is 5.89. The van der Waals surface area contributed by atoms with Gasteiger partial charge >= 0.3 is 5.97 Å². The molecule has 3 aromatic rings. The van der Waals surface area contributed by atoms with E-state index >= 15 is 0 Å². The van der Waals surface area contributed by atoms with Crippen molar-refractivity contribution in [2.75, 3.05) is 25.2 Å². The van der Waals surface area contributed by atoms with Crippen LogP contribution in [0, 0.1) is 6.92 Å². The van der Waals surface area contributed by atoms with Crippen LogP contribution in [0.3, 0.4) is 0 Å². The molecular formula is C21H22N4O3. The molecule has 1 aliphatic rings. The van der Waals surface area contributed by atoms with Gasteiger partial charge in [-0.05, 0) is 42.3 Å². The summed E-state index contributed by atoms with van der Waals surface area (Å²) in [7, 11) is 1.38. The van der Waals surface area contributed by atoms with Crippen molar-refractivity contribution in [2.45, 2.75) is 19.7 Å². The van der Waals surface area contributed by atoms with Gasteiger partial charge in [0.1, 0.15) is 5.69 Å². The van der Waals surface area contributed by atoms with Crippen molar-refractivity contribution in [3.8, 4) is 0 Å². The highest BCUT2D eigenvalue weighted by Crippen LogP contribution is 2.31. The normalized spacial score (nSPS) is 16.4. The van der Waals surface area contributed by atoms with E-state index in [1.807, 2.05) is 24.4 Å². The molecule has 7 heteroatoms. The fourth-order valence-electron chi connectivity index (χ4n) is 3.39. The molecule has 4 rings (SSSR count). The standard InChI is InChI=1S/C21H22N4O3/c1-15-5-3-8-18(11-15)25-9-10-28-20(25)19-14-24(23-22-19)13-16-6-4-7-17(12-16)21(26)27-2/h3-8,11-12,14,20H,9-10,13H2,1-2H3/t20-/m0/s1. The number of aromatic nitrogens is 3. The third-order valence-corrected chi connectivity index (χ3v) is 4.73. The maximum Gasteiger partial charge on any atom is 0.337 e. The fraction of sp³-hybridized carbons (Fsp3) is 0.286. The minimum atomic E-state index is -0.353. The molecule has 144 valence electrons. The molecule has 1 aliphatic heterocycles. The van der Waals surface area contributed by atoms with E-state index in [4.69, 9.17) is 9.47 Å². The summed E-state index contributed by atoms with van der Waals surface area (Å²) in [5, 5.41) is 8.56. The van der Waals surface area contributed by atoms with Crippen molar-refractivity contribution in [2.24, 2.45) is 0 Å². The van der Waals surface area contributed by atoms with Crippen LogP contribution in [0.4, 0.5) is 5.69 Å². The topological polar surface area (TPSA) is 69.5 Å². The Balaban J connectivity index is 1.52. The molecule has 1 saturated heterocycles. The molecule has 1 aromatic heterocycles. The van der Waals surface area contributed by atoms with Crippen LogP contribution in [-0.4, -0.2) is 41.2 Å². The lowest BCUT2D eigenvalue weighted by molar-refractivity contribution is 0.0600. The largest absolute Gasteiger partial charge is 0.465 e. The Morgan fingerprint density at radius 3 is 2.93 bits per heavy atom. The predicted molar refractivity (Wildman–Crippen MR) is 104 cm³/mol. The van der Waals surface area contributed by atoms with Crippen molar-refractivity contribution in [1.82, 2.24) is 15.0 Å². The van der Waals surface area contributed by atoms with Gasteiger partial charge in [0.25, 0.3) is 0 Å². The van der Waals surface area contributed by atoms with E-state index in [1.54, 1.807) is 16.8 Å². The van der Waals surface area contributed by atoms with Crippen LogP contribution in [0.1, 0.15) is 33.4 Å². The smallest absolute Gasteiger partial charge is 0.337 e. The average Bonchev–Trinajstić information content (AvgIpc) is 3.37. The molecule has 2 aromatic carbocycles. The lowest BCUT2D eigenvalue weighted by Gasteiger charge is -2.23. The van der Waals surface area contributed by atoms with Crippen molar-refractivity contribution in [3.63, 3.8) is 0 Å². The summed E-state index contributed by atoms with van der Waals surface area (Å²) >= 11 is 0. The summed E-state index contributed by atoms with van der Waals surface area (Å²) in [6.07, 6.45) is 1.64. The number of nitrogens with zero attached hydrogens (tertiary/aromatic N) is 4. The Labute approximate surface area is 163 Å². The number of carbonyl (C=O) groups excluding carboxylic acids is 1. The minimum absolute atomic E-state index is 0.253. The van der Waals surface area contributed by atoms with Gasteiger partial charge in [0.2, 0.25) is 0 Å². The monoisotopic (exact) mass is 378 g/mol. The van der Waals surface area contributed by atoms with E-state index in [0.29, 0.717) is 18.7 Å². The van der Waals surface area contributed by atoms with Crippen molar-refractivity contribution >= 4 is 11.7 Å². The summed E-state index contributed by atoms with van der Waals surface area (Å²) in [5.74, 6) is -0.353. The van der Waals surface area contributed by atoms with Gasteiger partial charge in [0.05, 0.1) is 32.0 Å². The zero-order chi connectivity index (χ0) is 19.5. The zero-order valence-electron chi connectivity index (χ0n) is 15.9. The van der Waals surface area contributed by atoms with Crippen molar-refractivity contribution in [1.29, 1.82) is 0 Å². The van der Waals surface area contributed by atoms with Gasteiger partial charge in [0, 0.05) is 12.2 Å². The van der Waals surface area contributed by atoms with E-state index in [-0.39, 0.29) is 12.2 Å². The van der Waals surface area contributed by atoms with E-state index in [0.717, 1.165) is 23.5 Å². The summed E-state index contributed by atoms with van der Waals surface area (Å²) in [5.41, 5.74) is 4.55. The highest BCUT2D eigenvalue weighted by atomic mass is 16.5. The van der Waals surface area contributed by atoms with Gasteiger partial charge < -0.3 is 14.4 Å². The third-order valence-electron chi connectivity index (χ3n) is 4.73. The first-order chi connectivity index (χ1) is 13.6. The van der Waals surface area contributed by atoms with Crippen LogP contribution in [0.2, 0.25) is 0 Å². The van der Waals surface area contributed by atoms with Crippen LogP contribution in [0.25, 0.3) is 0 Å². The van der Waals surface area contributed by atoms with Crippen LogP contribution >= 0.6 is 0 Å². The molecule has 7 nitrogen and oxygen atoms in total. The molecule has 1 fully saturated rings. The second-order valence-electron chi connectivity index (χ2n) is 6.79. The first kappa shape index (κ1) is 18.2. The number of rotatable bonds is 5. The molecule has 0 radical (unpaired) electrons. The van der Waals surface area contributed by atoms with Gasteiger partial charge in [-0.15, -0.1) is 5.10 Å². The predicted octanol–water partition coefficient (Wildman–Crippen LogP) is 2.96. The summed E-state index contributed by atoms with van der Waals surface area (Å²) in [6, 6.07) is 15.7. The molecule has 0 unspecified atom stereocenters. The second-order valence-corrected chi connectivity index (χ2v) is 6.79. The van der Waals surface area contributed by atoms with Crippen LogP contribution in [0.15, 0.2) is 54.7 Å². The Morgan fingerprint density at radius 2 is 2.11 bits per heavy atom. The van der Waals surface area contributed by atoms with Crippen molar-refractivity contribution in [3.05, 3.63) is 77.1 Å². The highest BCUT2D eigenvalue weighted by Gasteiger charge is 2.29. The van der Waals surface area contributed by atoms with Crippen LogP contribution < -0.4 is 4.90 Å². The summed E-state index contributed by atoms with van der Waals surface area (Å²) in [6.45, 7) is 4.04. The SMILES string of the molecule is COC(=O)c1cccc(Cn2cc([C@@H]3OCCN3c3cccc(C)c3)nn2)c1. The lowest BCUT2D eigenvalue weighted by atomic mass is 10.1. The Morgan fingerprint density at radius 1 is 1.25 bits per heavy atom. The minimum Gasteiger partial charge on any atom is -0.465 e. The number of methoxy groups -OCH3 is 1. The van der Waals surface area contributed by atoms with Gasteiger partial charge in [-0.25, -0.2) is 9.48 Å². The Hall–Kier alpha value is -3.19. The molecule has 0 N–H and O–H groups in total. The molecule has 28 heavy (non-hydrogen) atoms. The van der Waals surface area contributed by atoms with Gasteiger partial charge in [-0.2, -0.15) is 0 Å². The second kappa shape index (κ2) is 7.82. The third kappa shape index (κ3) is 3.75. The van der Waals surface area contributed by atoms with Crippen molar-refractivity contribution < 1.29 is 14.3 Å².